The molecule has 0 saturated heterocycles. The van der Waals surface area contributed by atoms with Gasteiger partial charge in [0.15, 0.2) is 0 Å². The van der Waals surface area contributed by atoms with Gasteiger partial charge in [-0.2, -0.15) is 0 Å². The molecule has 0 aliphatic heterocycles. The third kappa shape index (κ3) is 22.7. The first-order valence-corrected chi connectivity index (χ1v) is 9.83. The first kappa shape index (κ1) is 23.5. The van der Waals surface area contributed by atoms with Crippen molar-refractivity contribution in [3.63, 3.8) is 0 Å². The Balaban J connectivity index is 0. The predicted molar refractivity (Wildman–Crippen MR) is 100 cm³/mol. The van der Waals surface area contributed by atoms with E-state index in [4.69, 9.17) is 17.3 Å². The molecular weight excluding hydrogens is 278 g/mol. The lowest BCUT2D eigenvalue weighted by molar-refractivity contribution is 0.330. The molecule has 0 aromatic heterocycles. The first-order chi connectivity index (χ1) is 10.0. The van der Waals surface area contributed by atoms with Gasteiger partial charge in [-0.1, -0.05) is 91.9 Å². The van der Waals surface area contributed by atoms with Crippen LogP contribution in [0.3, 0.4) is 0 Å². The number of halogens is 1. The van der Waals surface area contributed by atoms with Crippen LogP contribution in [0.15, 0.2) is 0 Å². The molecule has 0 amide bonds. The van der Waals surface area contributed by atoms with Crippen molar-refractivity contribution in [1.82, 2.24) is 0 Å². The van der Waals surface area contributed by atoms with Gasteiger partial charge in [0, 0.05) is 5.88 Å². The van der Waals surface area contributed by atoms with E-state index in [9.17, 15) is 0 Å². The van der Waals surface area contributed by atoms with Crippen LogP contribution in [0, 0.1) is 5.41 Å². The molecule has 2 N–H and O–H groups in total. The van der Waals surface area contributed by atoms with Crippen molar-refractivity contribution in [1.29, 1.82) is 0 Å². The molecule has 130 valence electrons. The summed E-state index contributed by atoms with van der Waals surface area (Å²) in [5.74, 6) is 0.827. The maximum Gasteiger partial charge on any atom is 0.0223 e. The summed E-state index contributed by atoms with van der Waals surface area (Å²) in [4.78, 5) is 0. The molecular formula is C19H42ClN. The quantitative estimate of drug-likeness (QED) is 0.289. The molecule has 0 bridgehead atoms. The lowest BCUT2D eigenvalue weighted by Gasteiger charge is -2.21. The summed E-state index contributed by atoms with van der Waals surface area (Å²) in [6.07, 6.45) is 16.3. The molecule has 2 heteroatoms. The predicted octanol–water partition coefficient (Wildman–Crippen LogP) is 6.92. The molecule has 0 aromatic carbocycles. The minimum Gasteiger partial charge on any atom is -0.330 e. The fraction of sp³-hybridized carbons (Fsp3) is 1.00. The maximum absolute atomic E-state index is 5.70. The molecule has 0 saturated carbocycles. The molecule has 0 aliphatic carbocycles. The van der Waals surface area contributed by atoms with Crippen LogP contribution in [0.4, 0.5) is 0 Å². The summed E-state index contributed by atoms with van der Waals surface area (Å²) < 4.78 is 0. The van der Waals surface area contributed by atoms with Crippen molar-refractivity contribution in [2.75, 3.05) is 12.4 Å². The van der Waals surface area contributed by atoms with E-state index < -0.39 is 0 Å². The number of alkyl halides is 1. The number of rotatable bonds is 13. The highest BCUT2D eigenvalue weighted by Crippen LogP contribution is 2.22. The molecule has 0 aliphatic rings. The average Bonchev–Trinajstić information content (AvgIpc) is 2.48. The minimum absolute atomic E-state index is 0.363. The number of nitrogens with two attached hydrogens (primary N) is 1. The summed E-state index contributed by atoms with van der Waals surface area (Å²) in [6, 6.07) is 0. The Labute approximate surface area is 140 Å². The highest BCUT2D eigenvalue weighted by molar-refractivity contribution is 6.17. The average molecular weight is 320 g/mol. The van der Waals surface area contributed by atoms with E-state index >= 15 is 0 Å². The third-order valence-electron chi connectivity index (χ3n) is 4.00. The molecule has 21 heavy (non-hydrogen) atoms. The summed E-state index contributed by atoms with van der Waals surface area (Å²) in [5, 5.41) is 0. The van der Waals surface area contributed by atoms with E-state index in [1.54, 1.807) is 0 Å². The zero-order valence-electron chi connectivity index (χ0n) is 15.4. The Morgan fingerprint density at radius 2 is 1.14 bits per heavy atom. The standard InChI is InChI=1S/C14H31N.C5H11Cl/c1-4-5-6-7-8-9-10-11-12-14(2,3)13-15;1-2-3-4-5-6/h4-13,15H2,1-3H3;2-5H2,1H3. The van der Waals surface area contributed by atoms with Crippen LogP contribution in [0.5, 0.6) is 0 Å². The zero-order chi connectivity index (χ0) is 16.4. The summed E-state index contributed by atoms with van der Waals surface area (Å²) >= 11 is 5.38. The summed E-state index contributed by atoms with van der Waals surface area (Å²) in [5.41, 5.74) is 6.07. The van der Waals surface area contributed by atoms with E-state index in [-0.39, 0.29) is 0 Å². The summed E-state index contributed by atoms with van der Waals surface area (Å²) in [7, 11) is 0. The maximum atomic E-state index is 5.70. The lowest BCUT2D eigenvalue weighted by Crippen LogP contribution is -2.23. The van der Waals surface area contributed by atoms with Gasteiger partial charge >= 0.3 is 0 Å². The van der Waals surface area contributed by atoms with Gasteiger partial charge in [0.1, 0.15) is 0 Å². The van der Waals surface area contributed by atoms with Gasteiger partial charge in [0.25, 0.3) is 0 Å². The lowest BCUT2D eigenvalue weighted by atomic mass is 9.87. The number of hydrogen-bond donors (Lipinski definition) is 1. The van der Waals surface area contributed by atoms with Crippen molar-refractivity contribution in [2.24, 2.45) is 11.1 Å². The number of hydrogen-bond acceptors (Lipinski definition) is 1. The van der Waals surface area contributed by atoms with Crippen LogP contribution in [-0.2, 0) is 0 Å². The van der Waals surface area contributed by atoms with Gasteiger partial charge in [-0.25, -0.2) is 0 Å². The molecule has 0 spiro atoms. The van der Waals surface area contributed by atoms with E-state index in [2.05, 4.69) is 27.7 Å². The van der Waals surface area contributed by atoms with Gasteiger partial charge in [-0.3, -0.25) is 0 Å². The van der Waals surface area contributed by atoms with Crippen LogP contribution in [0.1, 0.15) is 105 Å². The first-order valence-electron chi connectivity index (χ1n) is 9.30. The molecule has 0 rings (SSSR count). The van der Waals surface area contributed by atoms with Crippen LogP contribution in [-0.4, -0.2) is 12.4 Å². The second-order valence-corrected chi connectivity index (χ2v) is 7.37. The molecule has 0 aromatic rings. The number of unbranched alkanes of at least 4 members (excludes halogenated alkanes) is 9. The second-order valence-electron chi connectivity index (χ2n) is 6.99. The molecule has 0 heterocycles. The van der Waals surface area contributed by atoms with Crippen molar-refractivity contribution >= 4 is 11.6 Å². The molecule has 0 radical (unpaired) electrons. The fourth-order valence-corrected chi connectivity index (χ4v) is 2.37. The summed E-state index contributed by atoms with van der Waals surface area (Å²) in [6.45, 7) is 9.81. The van der Waals surface area contributed by atoms with Crippen LogP contribution >= 0.6 is 11.6 Å². The smallest absolute Gasteiger partial charge is 0.0223 e. The SMILES string of the molecule is CCCCCCCCCCC(C)(C)CN.CCCCCCl. The van der Waals surface area contributed by atoms with E-state index in [0.717, 1.165) is 12.4 Å². The zero-order valence-corrected chi connectivity index (χ0v) is 16.1. The Bertz CT molecular complexity index is 176. The topological polar surface area (TPSA) is 26.0 Å². The third-order valence-corrected chi connectivity index (χ3v) is 4.26. The molecule has 0 fully saturated rings. The highest BCUT2D eigenvalue weighted by Gasteiger charge is 2.13. The largest absolute Gasteiger partial charge is 0.330 e. The van der Waals surface area contributed by atoms with Gasteiger partial charge in [0.2, 0.25) is 0 Å². The van der Waals surface area contributed by atoms with Crippen LogP contribution in [0.2, 0.25) is 0 Å². The van der Waals surface area contributed by atoms with Crippen molar-refractivity contribution in [3.8, 4) is 0 Å². The molecule has 0 atom stereocenters. The monoisotopic (exact) mass is 319 g/mol. The Morgan fingerprint density at radius 1 is 0.714 bits per heavy atom. The van der Waals surface area contributed by atoms with E-state index in [1.165, 1.54) is 77.0 Å². The van der Waals surface area contributed by atoms with Gasteiger partial charge in [-0.15, -0.1) is 11.6 Å². The fourth-order valence-electron chi connectivity index (χ4n) is 2.18. The van der Waals surface area contributed by atoms with Crippen molar-refractivity contribution < 1.29 is 0 Å². The van der Waals surface area contributed by atoms with Gasteiger partial charge in [0.05, 0.1) is 0 Å². The highest BCUT2D eigenvalue weighted by atomic mass is 35.5. The Morgan fingerprint density at radius 3 is 1.52 bits per heavy atom. The van der Waals surface area contributed by atoms with Gasteiger partial charge in [-0.05, 0) is 24.8 Å². The van der Waals surface area contributed by atoms with Crippen molar-refractivity contribution in [2.45, 2.75) is 105 Å². The molecule has 0 unspecified atom stereocenters. The van der Waals surface area contributed by atoms with Crippen molar-refractivity contribution in [3.05, 3.63) is 0 Å². The minimum atomic E-state index is 0.363. The van der Waals surface area contributed by atoms with Crippen LogP contribution < -0.4 is 5.73 Å². The second kappa shape index (κ2) is 18.3. The van der Waals surface area contributed by atoms with Crippen LogP contribution in [0.25, 0.3) is 0 Å². The Hall–Kier alpha value is 0.250. The van der Waals surface area contributed by atoms with E-state index in [1.807, 2.05) is 0 Å². The molecule has 1 nitrogen and oxygen atoms in total. The van der Waals surface area contributed by atoms with Gasteiger partial charge < -0.3 is 5.73 Å². The normalized spacial score (nSPS) is 11.1. The van der Waals surface area contributed by atoms with E-state index in [0.29, 0.717) is 5.41 Å². The Kier molecular flexibility index (Phi) is 20.5.